The van der Waals surface area contributed by atoms with E-state index in [1.807, 2.05) is 0 Å². The van der Waals surface area contributed by atoms with Gasteiger partial charge in [-0.05, 0) is 42.0 Å². The van der Waals surface area contributed by atoms with Gasteiger partial charge in [0.05, 0.1) is 10.6 Å². The van der Waals surface area contributed by atoms with Crippen LogP contribution in [-0.4, -0.2) is 14.3 Å². The molecule has 0 aliphatic heterocycles. The first-order valence-electron chi connectivity index (χ1n) is 5.96. The first-order chi connectivity index (χ1) is 9.79. The molecule has 2 aromatic carbocycles. The van der Waals surface area contributed by atoms with Crippen LogP contribution in [0.5, 0.6) is 0 Å². The Morgan fingerprint density at radius 1 is 1.10 bits per heavy atom. The molecule has 0 aliphatic carbocycles. The Labute approximate surface area is 121 Å². The largest absolute Gasteiger partial charge is 0.398 e. The highest BCUT2D eigenvalue weighted by molar-refractivity contribution is 7.90. The highest BCUT2D eigenvalue weighted by atomic mass is 32.2. The van der Waals surface area contributed by atoms with Gasteiger partial charge in [-0.15, -0.1) is 0 Å². The van der Waals surface area contributed by atoms with Crippen molar-refractivity contribution in [2.24, 2.45) is 5.73 Å². The molecule has 0 saturated heterocycles. The standard InChI is InChI=1S/C14H13FN2O3S/c15-11-3-5-12(6-4-11)21(19,20)8-10-2-1-9(14(17)18)7-13(10)16/h1-7H,8,16H2,(H2,17,18). The normalized spacial score (nSPS) is 11.3. The number of carbonyl (C=O) groups is 1. The zero-order valence-corrected chi connectivity index (χ0v) is 11.7. The maximum atomic E-state index is 12.8. The van der Waals surface area contributed by atoms with E-state index in [1.165, 1.54) is 30.3 Å². The van der Waals surface area contributed by atoms with E-state index in [2.05, 4.69) is 0 Å². The summed E-state index contributed by atoms with van der Waals surface area (Å²) in [6.45, 7) is 0. The number of benzene rings is 2. The van der Waals surface area contributed by atoms with E-state index in [4.69, 9.17) is 11.5 Å². The van der Waals surface area contributed by atoms with E-state index in [1.54, 1.807) is 0 Å². The Morgan fingerprint density at radius 3 is 2.24 bits per heavy atom. The van der Waals surface area contributed by atoms with Crippen molar-refractivity contribution in [3.8, 4) is 0 Å². The van der Waals surface area contributed by atoms with Crippen molar-refractivity contribution < 1.29 is 17.6 Å². The first kappa shape index (κ1) is 15.0. The predicted octanol–water partition coefficient (Wildman–Crippen LogP) is 1.48. The number of carbonyl (C=O) groups excluding carboxylic acids is 1. The molecule has 5 nitrogen and oxygen atoms in total. The minimum absolute atomic E-state index is 0.00211. The van der Waals surface area contributed by atoms with Gasteiger partial charge in [0.1, 0.15) is 5.82 Å². The molecule has 0 fully saturated rings. The zero-order valence-electron chi connectivity index (χ0n) is 10.9. The van der Waals surface area contributed by atoms with E-state index in [9.17, 15) is 17.6 Å². The number of halogens is 1. The molecule has 0 aliphatic rings. The Balaban J connectivity index is 2.32. The molecular formula is C14H13FN2O3S. The lowest BCUT2D eigenvalue weighted by atomic mass is 10.1. The summed E-state index contributed by atoms with van der Waals surface area (Å²) in [5.74, 6) is -1.50. The van der Waals surface area contributed by atoms with Crippen LogP contribution >= 0.6 is 0 Å². The molecule has 110 valence electrons. The minimum Gasteiger partial charge on any atom is -0.398 e. The zero-order chi connectivity index (χ0) is 15.6. The summed E-state index contributed by atoms with van der Waals surface area (Å²) in [4.78, 5) is 11.0. The van der Waals surface area contributed by atoms with E-state index in [0.29, 0.717) is 5.56 Å². The number of amides is 1. The minimum atomic E-state index is -3.65. The van der Waals surface area contributed by atoms with Crippen LogP contribution in [0.1, 0.15) is 15.9 Å². The fourth-order valence-electron chi connectivity index (χ4n) is 1.81. The quantitative estimate of drug-likeness (QED) is 0.659. The third kappa shape index (κ3) is 3.38. The second kappa shape index (κ2) is 5.53. The highest BCUT2D eigenvalue weighted by Gasteiger charge is 2.17. The van der Waals surface area contributed by atoms with Crippen molar-refractivity contribution in [3.63, 3.8) is 0 Å². The molecule has 21 heavy (non-hydrogen) atoms. The van der Waals surface area contributed by atoms with E-state index >= 15 is 0 Å². The molecule has 0 bridgehead atoms. The van der Waals surface area contributed by atoms with Crippen LogP contribution < -0.4 is 11.5 Å². The van der Waals surface area contributed by atoms with Crippen molar-refractivity contribution >= 4 is 21.4 Å². The van der Waals surface area contributed by atoms with Gasteiger partial charge < -0.3 is 11.5 Å². The smallest absolute Gasteiger partial charge is 0.248 e. The summed E-state index contributed by atoms with van der Waals surface area (Å²) in [5.41, 5.74) is 11.6. The molecule has 0 aromatic heterocycles. The molecular weight excluding hydrogens is 295 g/mol. The summed E-state index contributed by atoms with van der Waals surface area (Å²) in [6, 6.07) is 8.72. The summed E-state index contributed by atoms with van der Waals surface area (Å²) in [5, 5.41) is 0. The third-order valence-electron chi connectivity index (χ3n) is 2.95. The molecule has 2 rings (SSSR count). The van der Waals surface area contributed by atoms with Crippen molar-refractivity contribution in [2.75, 3.05) is 5.73 Å². The fraction of sp³-hybridized carbons (Fsp3) is 0.0714. The molecule has 4 N–H and O–H groups in total. The Kier molecular flexibility index (Phi) is 3.95. The molecule has 2 aromatic rings. The summed E-state index contributed by atoms with van der Waals surface area (Å²) >= 11 is 0. The maximum absolute atomic E-state index is 12.8. The van der Waals surface area contributed by atoms with Crippen LogP contribution in [-0.2, 0) is 15.6 Å². The molecule has 0 saturated carbocycles. The van der Waals surface area contributed by atoms with Gasteiger partial charge >= 0.3 is 0 Å². The van der Waals surface area contributed by atoms with E-state index < -0.39 is 21.6 Å². The second-order valence-corrected chi connectivity index (χ2v) is 6.48. The molecule has 1 amide bonds. The van der Waals surface area contributed by atoms with Crippen LogP contribution in [0, 0.1) is 5.82 Å². The number of primary amides is 1. The van der Waals surface area contributed by atoms with E-state index in [-0.39, 0.29) is 21.9 Å². The number of rotatable bonds is 4. The number of nitrogen functional groups attached to an aromatic ring is 1. The predicted molar refractivity (Wildman–Crippen MR) is 76.7 cm³/mol. The molecule has 0 unspecified atom stereocenters. The summed E-state index contributed by atoms with van der Waals surface area (Å²) < 4.78 is 37.3. The van der Waals surface area contributed by atoms with Gasteiger partial charge in [-0.2, -0.15) is 0 Å². The van der Waals surface area contributed by atoms with Crippen molar-refractivity contribution in [2.45, 2.75) is 10.6 Å². The Morgan fingerprint density at radius 2 is 1.71 bits per heavy atom. The van der Waals surface area contributed by atoms with Crippen molar-refractivity contribution in [1.29, 1.82) is 0 Å². The average Bonchev–Trinajstić information content (AvgIpc) is 2.41. The Bertz CT molecular complexity index is 786. The van der Waals surface area contributed by atoms with Crippen LogP contribution in [0.25, 0.3) is 0 Å². The van der Waals surface area contributed by atoms with Crippen LogP contribution in [0.4, 0.5) is 10.1 Å². The third-order valence-corrected chi connectivity index (χ3v) is 4.63. The monoisotopic (exact) mass is 308 g/mol. The van der Waals surface area contributed by atoms with Crippen LogP contribution in [0.15, 0.2) is 47.4 Å². The maximum Gasteiger partial charge on any atom is 0.248 e. The number of nitrogens with two attached hydrogens (primary N) is 2. The lowest BCUT2D eigenvalue weighted by Crippen LogP contribution is -2.12. The number of hydrogen-bond donors (Lipinski definition) is 2. The number of hydrogen-bond acceptors (Lipinski definition) is 4. The average molecular weight is 308 g/mol. The van der Waals surface area contributed by atoms with Gasteiger partial charge in [0.2, 0.25) is 5.91 Å². The van der Waals surface area contributed by atoms with Crippen molar-refractivity contribution in [3.05, 3.63) is 59.4 Å². The Hall–Kier alpha value is -2.41. The van der Waals surface area contributed by atoms with E-state index in [0.717, 1.165) is 12.1 Å². The number of anilines is 1. The topological polar surface area (TPSA) is 103 Å². The van der Waals surface area contributed by atoms with Crippen LogP contribution in [0.2, 0.25) is 0 Å². The number of sulfone groups is 1. The van der Waals surface area contributed by atoms with Gasteiger partial charge in [0, 0.05) is 11.3 Å². The summed E-state index contributed by atoms with van der Waals surface area (Å²) in [6.07, 6.45) is 0. The molecule has 7 heteroatoms. The fourth-order valence-corrected chi connectivity index (χ4v) is 3.20. The van der Waals surface area contributed by atoms with Gasteiger partial charge in [-0.3, -0.25) is 4.79 Å². The first-order valence-corrected chi connectivity index (χ1v) is 7.61. The van der Waals surface area contributed by atoms with Gasteiger partial charge in [0.15, 0.2) is 9.84 Å². The van der Waals surface area contributed by atoms with Gasteiger partial charge in [0.25, 0.3) is 0 Å². The highest BCUT2D eigenvalue weighted by Crippen LogP contribution is 2.21. The van der Waals surface area contributed by atoms with Gasteiger partial charge in [-0.25, -0.2) is 12.8 Å². The lowest BCUT2D eigenvalue weighted by molar-refractivity contribution is 0.100. The lowest BCUT2D eigenvalue weighted by Gasteiger charge is -2.08. The molecule has 0 spiro atoms. The SMILES string of the molecule is NC(=O)c1ccc(CS(=O)(=O)c2ccc(F)cc2)c(N)c1. The molecule has 0 atom stereocenters. The van der Waals surface area contributed by atoms with Gasteiger partial charge in [-0.1, -0.05) is 6.07 Å². The summed E-state index contributed by atoms with van der Waals surface area (Å²) in [7, 11) is -3.65. The van der Waals surface area contributed by atoms with Crippen LogP contribution in [0.3, 0.4) is 0 Å². The molecule has 0 heterocycles. The second-order valence-electron chi connectivity index (χ2n) is 4.49. The molecule has 0 radical (unpaired) electrons. The van der Waals surface area contributed by atoms with Crippen molar-refractivity contribution in [1.82, 2.24) is 0 Å².